The van der Waals surface area contributed by atoms with Gasteiger partial charge in [0, 0.05) is 25.3 Å². The predicted octanol–water partition coefficient (Wildman–Crippen LogP) is 4.16. The van der Waals surface area contributed by atoms with E-state index >= 15 is 0 Å². The van der Waals surface area contributed by atoms with Gasteiger partial charge in [-0.1, -0.05) is 23.7 Å². The average Bonchev–Trinajstić information content (AvgIpc) is 3.11. The van der Waals surface area contributed by atoms with Crippen LogP contribution in [0.5, 0.6) is 5.75 Å². The minimum absolute atomic E-state index is 0.563. The second kappa shape index (κ2) is 8.41. The Morgan fingerprint density at radius 1 is 1.24 bits per heavy atom. The molecule has 3 rings (SSSR count). The smallest absolute Gasteiger partial charge is 0.170 e. The SMILES string of the molecule is COc1ccc(N2CC[C@H](CNC(=S)Nc3ccccc3Cl)C2)cc1. The van der Waals surface area contributed by atoms with Crippen LogP contribution in [-0.4, -0.2) is 31.9 Å². The Morgan fingerprint density at radius 3 is 2.72 bits per heavy atom. The van der Waals surface area contributed by atoms with E-state index < -0.39 is 0 Å². The number of ether oxygens (including phenoxy) is 1. The fraction of sp³-hybridized carbons (Fsp3) is 0.316. The van der Waals surface area contributed by atoms with Crippen LogP contribution in [0.25, 0.3) is 0 Å². The molecule has 0 spiro atoms. The molecule has 2 aromatic rings. The van der Waals surface area contributed by atoms with E-state index in [1.54, 1.807) is 7.11 Å². The van der Waals surface area contributed by atoms with Crippen molar-refractivity contribution in [3.05, 3.63) is 53.6 Å². The number of nitrogens with zero attached hydrogens (tertiary/aromatic N) is 1. The topological polar surface area (TPSA) is 36.5 Å². The molecule has 0 amide bonds. The van der Waals surface area contributed by atoms with Gasteiger partial charge in [0.2, 0.25) is 0 Å². The lowest BCUT2D eigenvalue weighted by Crippen LogP contribution is -2.34. The summed E-state index contributed by atoms with van der Waals surface area (Å²) in [6, 6.07) is 15.8. The van der Waals surface area contributed by atoms with E-state index in [-0.39, 0.29) is 0 Å². The van der Waals surface area contributed by atoms with Crippen molar-refractivity contribution in [1.82, 2.24) is 5.32 Å². The first-order valence-electron chi connectivity index (χ1n) is 8.34. The van der Waals surface area contributed by atoms with Crippen molar-refractivity contribution >= 4 is 40.3 Å². The number of para-hydroxylation sites is 1. The third-order valence-corrected chi connectivity index (χ3v) is 4.97. The molecule has 25 heavy (non-hydrogen) atoms. The number of halogens is 1. The van der Waals surface area contributed by atoms with E-state index in [1.807, 2.05) is 36.4 Å². The number of thiocarbonyl (C=S) groups is 1. The van der Waals surface area contributed by atoms with Crippen molar-refractivity contribution < 1.29 is 4.74 Å². The molecular weight excluding hydrogens is 354 g/mol. The maximum atomic E-state index is 6.14. The molecule has 1 saturated heterocycles. The molecule has 1 atom stereocenters. The second-order valence-electron chi connectivity index (χ2n) is 6.11. The first kappa shape index (κ1) is 17.8. The lowest BCUT2D eigenvalue weighted by Gasteiger charge is -2.19. The number of benzene rings is 2. The Kier molecular flexibility index (Phi) is 6.00. The fourth-order valence-corrected chi connectivity index (χ4v) is 3.37. The lowest BCUT2D eigenvalue weighted by atomic mass is 10.1. The molecule has 0 radical (unpaired) electrons. The molecule has 132 valence electrons. The maximum Gasteiger partial charge on any atom is 0.170 e. The van der Waals surface area contributed by atoms with Gasteiger partial charge < -0.3 is 20.3 Å². The summed E-state index contributed by atoms with van der Waals surface area (Å²) in [4.78, 5) is 2.40. The van der Waals surface area contributed by atoms with Crippen LogP contribution in [-0.2, 0) is 0 Å². The second-order valence-corrected chi connectivity index (χ2v) is 6.93. The van der Waals surface area contributed by atoms with Gasteiger partial charge in [0.05, 0.1) is 17.8 Å². The Morgan fingerprint density at radius 2 is 2.00 bits per heavy atom. The van der Waals surface area contributed by atoms with Crippen LogP contribution < -0.4 is 20.3 Å². The minimum atomic E-state index is 0.563. The van der Waals surface area contributed by atoms with Crippen LogP contribution in [0.15, 0.2) is 48.5 Å². The molecular formula is C19H22ClN3OS. The summed E-state index contributed by atoms with van der Waals surface area (Å²) in [5.74, 6) is 1.45. The molecule has 0 aliphatic carbocycles. The van der Waals surface area contributed by atoms with E-state index in [2.05, 4.69) is 27.7 Å². The quantitative estimate of drug-likeness (QED) is 0.767. The largest absolute Gasteiger partial charge is 0.497 e. The van der Waals surface area contributed by atoms with Crippen LogP contribution in [0.1, 0.15) is 6.42 Å². The van der Waals surface area contributed by atoms with Gasteiger partial charge in [0.25, 0.3) is 0 Å². The minimum Gasteiger partial charge on any atom is -0.497 e. The molecule has 0 unspecified atom stereocenters. The van der Waals surface area contributed by atoms with Gasteiger partial charge in [0.1, 0.15) is 5.75 Å². The van der Waals surface area contributed by atoms with Crippen molar-refractivity contribution in [3.8, 4) is 5.75 Å². The molecule has 6 heteroatoms. The van der Waals surface area contributed by atoms with Crippen LogP contribution in [0.2, 0.25) is 5.02 Å². The van der Waals surface area contributed by atoms with Gasteiger partial charge in [-0.05, 0) is 61.0 Å². The zero-order valence-electron chi connectivity index (χ0n) is 14.2. The highest BCUT2D eigenvalue weighted by atomic mass is 35.5. The van der Waals surface area contributed by atoms with Crippen LogP contribution in [0, 0.1) is 5.92 Å². The molecule has 1 aliphatic heterocycles. The normalized spacial score (nSPS) is 16.6. The Bertz CT molecular complexity index is 723. The molecule has 2 aromatic carbocycles. The van der Waals surface area contributed by atoms with Gasteiger partial charge in [0.15, 0.2) is 5.11 Å². The summed E-state index contributed by atoms with van der Waals surface area (Å²) in [5, 5.41) is 7.73. The number of anilines is 2. The van der Waals surface area contributed by atoms with Crippen molar-refractivity contribution in [1.29, 1.82) is 0 Å². The summed E-state index contributed by atoms with van der Waals surface area (Å²) in [7, 11) is 1.69. The molecule has 0 saturated carbocycles. The molecule has 4 nitrogen and oxygen atoms in total. The third-order valence-electron chi connectivity index (χ3n) is 4.40. The highest BCUT2D eigenvalue weighted by molar-refractivity contribution is 7.80. The highest BCUT2D eigenvalue weighted by Gasteiger charge is 2.22. The van der Waals surface area contributed by atoms with Gasteiger partial charge in [-0.2, -0.15) is 0 Å². The predicted molar refractivity (Wildman–Crippen MR) is 109 cm³/mol. The van der Waals surface area contributed by atoms with E-state index in [4.69, 9.17) is 28.6 Å². The van der Waals surface area contributed by atoms with Crippen LogP contribution in [0.3, 0.4) is 0 Å². The van der Waals surface area contributed by atoms with E-state index in [1.165, 1.54) is 5.69 Å². The Hall–Kier alpha value is -1.98. The summed E-state index contributed by atoms with van der Waals surface area (Å²) >= 11 is 11.5. The molecule has 1 aliphatic rings. The monoisotopic (exact) mass is 375 g/mol. The zero-order valence-corrected chi connectivity index (χ0v) is 15.7. The van der Waals surface area contributed by atoms with E-state index in [0.717, 1.165) is 37.5 Å². The summed E-state index contributed by atoms with van der Waals surface area (Å²) in [6.45, 7) is 2.93. The molecule has 0 bridgehead atoms. The highest BCUT2D eigenvalue weighted by Crippen LogP contribution is 2.25. The molecule has 1 fully saturated rings. The number of methoxy groups -OCH3 is 1. The maximum absolute atomic E-state index is 6.14. The van der Waals surface area contributed by atoms with Crippen LogP contribution in [0.4, 0.5) is 11.4 Å². The summed E-state index contributed by atoms with van der Waals surface area (Å²) in [5.41, 5.74) is 2.06. The van der Waals surface area contributed by atoms with Gasteiger partial charge in [-0.3, -0.25) is 0 Å². The van der Waals surface area contributed by atoms with Crippen molar-refractivity contribution in [2.45, 2.75) is 6.42 Å². The summed E-state index contributed by atoms with van der Waals surface area (Å²) < 4.78 is 5.22. The van der Waals surface area contributed by atoms with Gasteiger partial charge in [-0.25, -0.2) is 0 Å². The van der Waals surface area contributed by atoms with E-state index in [9.17, 15) is 0 Å². The van der Waals surface area contributed by atoms with Crippen molar-refractivity contribution in [2.24, 2.45) is 5.92 Å². The molecule has 2 N–H and O–H groups in total. The first-order valence-corrected chi connectivity index (χ1v) is 9.12. The first-order chi connectivity index (χ1) is 12.2. The number of nitrogens with one attached hydrogen (secondary N) is 2. The molecule has 0 aromatic heterocycles. The summed E-state index contributed by atoms with van der Waals surface area (Å²) in [6.07, 6.45) is 1.15. The zero-order chi connectivity index (χ0) is 17.6. The third kappa shape index (κ3) is 4.77. The van der Waals surface area contributed by atoms with Crippen molar-refractivity contribution in [2.75, 3.05) is 37.0 Å². The Balaban J connectivity index is 1.46. The number of rotatable bonds is 5. The van der Waals surface area contributed by atoms with Crippen LogP contribution >= 0.6 is 23.8 Å². The lowest BCUT2D eigenvalue weighted by molar-refractivity contribution is 0.415. The Labute approximate surface area is 159 Å². The van der Waals surface area contributed by atoms with E-state index in [0.29, 0.717) is 16.1 Å². The standard InChI is InChI=1S/C19H22ClN3OS/c1-24-16-8-6-15(7-9-16)23-11-10-14(13-23)12-21-19(25)22-18-5-3-2-4-17(18)20/h2-9,14H,10-13H2,1H3,(H2,21,22,25)/t14-/m1/s1. The number of hydrogen-bond acceptors (Lipinski definition) is 3. The fourth-order valence-electron chi connectivity index (χ4n) is 2.99. The van der Waals surface area contributed by atoms with Gasteiger partial charge in [-0.15, -0.1) is 0 Å². The van der Waals surface area contributed by atoms with Gasteiger partial charge >= 0.3 is 0 Å². The number of hydrogen-bond donors (Lipinski definition) is 2. The molecule has 1 heterocycles. The average molecular weight is 376 g/mol. The van der Waals surface area contributed by atoms with Crippen molar-refractivity contribution in [3.63, 3.8) is 0 Å².